The van der Waals surface area contributed by atoms with E-state index in [-0.39, 0.29) is 5.41 Å². The van der Waals surface area contributed by atoms with E-state index in [9.17, 15) is 0 Å². The fraction of sp³-hybridized carbons (Fsp3) is 0.320. The van der Waals surface area contributed by atoms with Crippen LogP contribution in [0.2, 0.25) is 0 Å². The number of rotatable bonds is 4. The number of tetrazole rings is 1. The van der Waals surface area contributed by atoms with Crippen LogP contribution in [0.3, 0.4) is 0 Å². The van der Waals surface area contributed by atoms with E-state index in [4.69, 9.17) is 9.47 Å². The molecule has 162 valence electrons. The predicted molar refractivity (Wildman–Crippen MR) is 120 cm³/mol. The number of benzene rings is 2. The highest BCUT2D eigenvalue weighted by Gasteiger charge is 2.52. The molecule has 2 aromatic carbocycles. The highest BCUT2D eigenvalue weighted by atomic mass is 16.5. The Morgan fingerprint density at radius 2 is 1.97 bits per heavy atom. The third-order valence-corrected chi connectivity index (χ3v) is 7.23. The zero-order chi connectivity index (χ0) is 21.7. The van der Waals surface area contributed by atoms with E-state index in [0.29, 0.717) is 29.5 Å². The highest BCUT2D eigenvalue weighted by Crippen LogP contribution is 2.56. The van der Waals surface area contributed by atoms with Crippen LogP contribution >= 0.6 is 0 Å². The van der Waals surface area contributed by atoms with Gasteiger partial charge < -0.3 is 14.4 Å². The summed E-state index contributed by atoms with van der Waals surface area (Å²) in [6.07, 6.45) is 11.1. The Labute approximate surface area is 186 Å². The molecule has 2 heterocycles. The fourth-order valence-corrected chi connectivity index (χ4v) is 5.71. The maximum absolute atomic E-state index is 6.52. The van der Waals surface area contributed by atoms with E-state index >= 15 is 0 Å². The average molecular weight is 428 g/mol. The topological polar surface area (TPSA) is 65.3 Å². The number of likely N-dealkylation sites (tertiary alicyclic amines) is 1. The van der Waals surface area contributed by atoms with Crippen molar-refractivity contribution in [3.8, 4) is 23.2 Å². The molecule has 1 aromatic heterocycles. The van der Waals surface area contributed by atoms with Crippen molar-refractivity contribution in [3.63, 3.8) is 0 Å². The maximum Gasteiger partial charge on any atom is 0.346 e. The molecule has 0 unspecified atom stereocenters. The lowest BCUT2D eigenvalue weighted by atomic mass is 9.56. The van der Waals surface area contributed by atoms with Crippen LogP contribution in [0, 0.1) is 5.92 Å². The first kappa shape index (κ1) is 19.3. The molecule has 1 aliphatic heterocycles. The molecule has 1 fully saturated rings. The largest absolute Gasteiger partial charge is 0.493 e. The summed E-state index contributed by atoms with van der Waals surface area (Å²) in [7, 11) is 3.92. The zero-order valence-corrected chi connectivity index (χ0v) is 18.2. The highest BCUT2D eigenvalue weighted by molar-refractivity contribution is 5.61. The van der Waals surface area contributed by atoms with Gasteiger partial charge in [-0.15, -0.1) is 0 Å². The summed E-state index contributed by atoms with van der Waals surface area (Å²) in [5.41, 5.74) is 3.21. The predicted octanol–water partition coefficient (Wildman–Crippen LogP) is 3.70. The minimum Gasteiger partial charge on any atom is -0.493 e. The Morgan fingerprint density at radius 1 is 1.09 bits per heavy atom. The van der Waals surface area contributed by atoms with Crippen LogP contribution in [0.25, 0.3) is 5.69 Å². The molecule has 3 atom stereocenters. The molecule has 0 saturated carbocycles. The molecular weight excluding hydrogens is 402 g/mol. The second-order valence-corrected chi connectivity index (χ2v) is 8.75. The van der Waals surface area contributed by atoms with Crippen LogP contribution in [-0.2, 0) is 11.8 Å². The van der Waals surface area contributed by atoms with Gasteiger partial charge >= 0.3 is 6.01 Å². The summed E-state index contributed by atoms with van der Waals surface area (Å²) in [5, 5.41) is 12.2. The lowest BCUT2D eigenvalue weighted by Crippen LogP contribution is -2.58. The van der Waals surface area contributed by atoms with Gasteiger partial charge in [0.15, 0.2) is 11.5 Å². The van der Waals surface area contributed by atoms with Crippen LogP contribution in [0.1, 0.15) is 17.5 Å². The molecule has 1 saturated heterocycles. The van der Waals surface area contributed by atoms with Crippen LogP contribution in [0.15, 0.2) is 66.8 Å². The summed E-state index contributed by atoms with van der Waals surface area (Å²) in [5.74, 6) is 1.79. The zero-order valence-electron chi connectivity index (χ0n) is 18.2. The molecule has 0 amide bonds. The third kappa shape index (κ3) is 2.74. The van der Waals surface area contributed by atoms with Gasteiger partial charge in [-0.3, -0.25) is 0 Å². The third-order valence-electron chi connectivity index (χ3n) is 7.23. The summed E-state index contributed by atoms with van der Waals surface area (Å²) < 4.78 is 13.9. The second-order valence-electron chi connectivity index (χ2n) is 8.75. The number of allylic oxidation sites excluding steroid dienone is 3. The summed E-state index contributed by atoms with van der Waals surface area (Å²) >= 11 is 0. The standard InChI is InChI=1S/C25H25N5O2/c1-29-15-14-25-13-7-6-10-19(25)20(29)16-17-11-12-21(31-2)23(22(17)25)32-24-26-27-28-30(24)18-8-4-3-5-9-18/h3-13,19-20H,14-16H2,1-2H3/t19-,20+,25+/m1/s1. The molecule has 6 rings (SSSR count). The first-order valence-corrected chi connectivity index (χ1v) is 11.0. The molecule has 7 heteroatoms. The quantitative estimate of drug-likeness (QED) is 0.633. The van der Waals surface area contributed by atoms with Crippen molar-refractivity contribution in [2.24, 2.45) is 5.92 Å². The number of aromatic nitrogens is 4. The first-order valence-electron chi connectivity index (χ1n) is 11.0. The summed E-state index contributed by atoms with van der Waals surface area (Å²) in [6.45, 7) is 1.04. The SMILES string of the molecule is COc1ccc2c(c1Oc1nnnn1-c1ccccc1)[C@]13C=CC=C[C@@H]1[C@H](C2)N(C)CC3. The monoisotopic (exact) mass is 427 g/mol. The van der Waals surface area contributed by atoms with Crippen molar-refractivity contribution in [1.82, 2.24) is 25.1 Å². The van der Waals surface area contributed by atoms with Gasteiger partial charge in [-0.25, -0.2) is 0 Å². The smallest absolute Gasteiger partial charge is 0.346 e. The Morgan fingerprint density at radius 3 is 2.81 bits per heavy atom. The maximum atomic E-state index is 6.52. The van der Waals surface area contributed by atoms with Gasteiger partial charge in [-0.05, 0) is 60.6 Å². The molecule has 2 bridgehead atoms. The van der Waals surface area contributed by atoms with Crippen molar-refractivity contribution < 1.29 is 9.47 Å². The number of fused-ring (bicyclic) bond motifs is 1. The van der Waals surface area contributed by atoms with E-state index in [1.54, 1.807) is 11.8 Å². The molecule has 0 radical (unpaired) electrons. The Balaban J connectivity index is 1.52. The lowest BCUT2D eigenvalue weighted by molar-refractivity contribution is 0.0781. The number of hydrogen-bond acceptors (Lipinski definition) is 6. The van der Waals surface area contributed by atoms with Crippen molar-refractivity contribution in [2.75, 3.05) is 20.7 Å². The molecule has 2 aliphatic carbocycles. The van der Waals surface area contributed by atoms with E-state index in [1.165, 1.54) is 11.1 Å². The molecule has 3 aromatic rings. The van der Waals surface area contributed by atoms with Gasteiger partial charge in [-0.2, -0.15) is 4.68 Å². The molecular formula is C25H25N5O2. The van der Waals surface area contributed by atoms with Gasteiger partial charge in [-0.1, -0.05) is 53.7 Å². The molecule has 32 heavy (non-hydrogen) atoms. The Hall–Kier alpha value is -3.45. The lowest BCUT2D eigenvalue weighted by Gasteiger charge is -2.55. The van der Waals surface area contributed by atoms with Crippen molar-refractivity contribution >= 4 is 0 Å². The number of likely N-dealkylation sites (N-methyl/N-ethyl adjacent to an activating group) is 1. The van der Waals surface area contributed by atoms with E-state index in [2.05, 4.69) is 57.8 Å². The van der Waals surface area contributed by atoms with Crippen LogP contribution in [0.4, 0.5) is 0 Å². The number of piperidine rings is 1. The first-order chi connectivity index (χ1) is 15.7. The molecule has 3 aliphatic rings. The molecule has 0 N–H and O–H groups in total. The van der Waals surface area contributed by atoms with Gasteiger partial charge in [0.2, 0.25) is 0 Å². The molecule has 7 nitrogen and oxygen atoms in total. The van der Waals surface area contributed by atoms with Crippen LogP contribution in [0.5, 0.6) is 17.5 Å². The Bertz CT molecular complexity index is 1220. The van der Waals surface area contributed by atoms with Crippen molar-refractivity contribution in [3.05, 3.63) is 77.9 Å². The minimum absolute atomic E-state index is 0.131. The number of methoxy groups -OCH3 is 1. The van der Waals surface area contributed by atoms with E-state index < -0.39 is 0 Å². The number of para-hydroxylation sites is 1. The van der Waals surface area contributed by atoms with Gasteiger partial charge in [0, 0.05) is 22.9 Å². The van der Waals surface area contributed by atoms with Crippen LogP contribution in [-0.4, -0.2) is 51.9 Å². The van der Waals surface area contributed by atoms with Crippen molar-refractivity contribution in [1.29, 1.82) is 0 Å². The fourth-order valence-electron chi connectivity index (χ4n) is 5.71. The van der Waals surface area contributed by atoms with E-state index in [1.807, 2.05) is 36.4 Å². The van der Waals surface area contributed by atoms with E-state index in [0.717, 1.165) is 25.1 Å². The number of ether oxygens (including phenoxy) is 2. The average Bonchev–Trinajstić information content (AvgIpc) is 3.30. The van der Waals surface area contributed by atoms with Crippen LogP contribution < -0.4 is 9.47 Å². The number of nitrogens with zero attached hydrogens (tertiary/aromatic N) is 5. The summed E-state index contributed by atoms with van der Waals surface area (Å²) in [4.78, 5) is 2.50. The number of hydrogen-bond donors (Lipinski definition) is 0. The summed E-state index contributed by atoms with van der Waals surface area (Å²) in [6, 6.07) is 14.7. The van der Waals surface area contributed by atoms with Crippen molar-refractivity contribution in [2.45, 2.75) is 24.3 Å². The van der Waals surface area contributed by atoms with Gasteiger partial charge in [0.25, 0.3) is 0 Å². The minimum atomic E-state index is -0.131. The Kier molecular flexibility index (Phi) is 4.40. The molecule has 0 spiro atoms. The normalized spacial score (nSPS) is 25.8. The second kappa shape index (κ2) is 7.31. The van der Waals surface area contributed by atoms with Gasteiger partial charge in [0.1, 0.15) is 0 Å². The van der Waals surface area contributed by atoms with Gasteiger partial charge in [0.05, 0.1) is 12.8 Å².